The van der Waals surface area contributed by atoms with E-state index in [1.165, 1.54) is 5.56 Å². The van der Waals surface area contributed by atoms with Gasteiger partial charge in [-0.05, 0) is 36.6 Å². The summed E-state index contributed by atoms with van der Waals surface area (Å²) in [5.74, 6) is 1.42. The Hall–Kier alpha value is -1.54. The Morgan fingerprint density at radius 2 is 1.81 bits per heavy atom. The normalized spacial score (nSPS) is 12.7. The van der Waals surface area contributed by atoms with Gasteiger partial charge in [0.2, 0.25) is 0 Å². The van der Waals surface area contributed by atoms with Gasteiger partial charge in [-0.25, -0.2) is 0 Å². The highest BCUT2D eigenvalue weighted by Gasteiger charge is 2.13. The first kappa shape index (κ1) is 11.0. The second-order valence-corrected chi connectivity index (χ2v) is 3.95. The van der Waals surface area contributed by atoms with Gasteiger partial charge in [0.25, 0.3) is 0 Å². The van der Waals surface area contributed by atoms with Crippen LogP contribution in [-0.2, 0) is 6.42 Å². The average molecular weight is 216 g/mol. The van der Waals surface area contributed by atoms with E-state index in [0.29, 0.717) is 5.76 Å². The van der Waals surface area contributed by atoms with Crippen LogP contribution in [0.3, 0.4) is 0 Å². The van der Waals surface area contributed by atoms with Crippen LogP contribution in [0.2, 0.25) is 0 Å². The molecule has 0 fully saturated rings. The van der Waals surface area contributed by atoms with Crippen LogP contribution >= 0.6 is 0 Å². The van der Waals surface area contributed by atoms with Crippen LogP contribution in [0.15, 0.2) is 40.8 Å². The van der Waals surface area contributed by atoms with Crippen molar-refractivity contribution in [2.45, 2.75) is 26.4 Å². The van der Waals surface area contributed by atoms with Crippen molar-refractivity contribution in [3.05, 3.63) is 59.0 Å². The van der Waals surface area contributed by atoms with Crippen molar-refractivity contribution in [1.82, 2.24) is 0 Å². The third-order valence-corrected chi connectivity index (χ3v) is 2.73. The molecule has 1 aromatic carbocycles. The van der Waals surface area contributed by atoms with Crippen LogP contribution < -0.4 is 0 Å². The standard InChI is InChI=1S/C14H16O2/c1-3-11-5-7-12(8-6-11)14(15)13-9-4-10(2)16-13/h4-9,14-15H,3H2,1-2H3/t14-/m1/s1. The van der Waals surface area contributed by atoms with Crippen molar-refractivity contribution >= 4 is 0 Å². The fourth-order valence-corrected chi connectivity index (χ4v) is 1.70. The van der Waals surface area contributed by atoms with Crippen molar-refractivity contribution in [2.75, 3.05) is 0 Å². The molecule has 0 aliphatic carbocycles. The van der Waals surface area contributed by atoms with E-state index in [4.69, 9.17) is 4.42 Å². The molecule has 1 N–H and O–H groups in total. The van der Waals surface area contributed by atoms with Gasteiger partial charge in [-0.3, -0.25) is 0 Å². The fourth-order valence-electron chi connectivity index (χ4n) is 1.70. The lowest BCUT2D eigenvalue weighted by molar-refractivity contribution is 0.187. The average Bonchev–Trinajstić information content (AvgIpc) is 2.75. The Bertz CT molecular complexity index is 454. The first-order valence-corrected chi connectivity index (χ1v) is 5.54. The Kier molecular flexibility index (Phi) is 3.11. The van der Waals surface area contributed by atoms with Gasteiger partial charge in [-0.1, -0.05) is 31.2 Å². The molecule has 0 amide bonds. The third-order valence-electron chi connectivity index (χ3n) is 2.73. The van der Waals surface area contributed by atoms with Gasteiger partial charge >= 0.3 is 0 Å². The molecule has 0 spiro atoms. The van der Waals surface area contributed by atoms with Gasteiger partial charge in [0.1, 0.15) is 17.6 Å². The highest BCUT2D eigenvalue weighted by atomic mass is 16.4. The molecule has 1 aromatic heterocycles. The number of aryl methyl sites for hydroxylation is 2. The van der Waals surface area contributed by atoms with Gasteiger partial charge in [-0.15, -0.1) is 0 Å². The molecule has 0 unspecified atom stereocenters. The van der Waals surface area contributed by atoms with Crippen LogP contribution in [0.5, 0.6) is 0 Å². The van der Waals surface area contributed by atoms with Crippen LogP contribution in [0.4, 0.5) is 0 Å². The van der Waals surface area contributed by atoms with E-state index < -0.39 is 6.10 Å². The second kappa shape index (κ2) is 4.54. The van der Waals surface area contributed by atoms with Crippen molar-refractivity contribution in [1.29, 1.82) is 0 Å². The summed E-state index contributed by atoms with van der Waals surface area (Å²) in [6.45, 7) is 3.98. The molecule has 2 heteroatoms. The van der Waals surface area contributed by atoms with Crippen molar-refractivity contribution < 1.29 is 9.52 Å². The Balaban J connectivity index is 2.23. The predicted molar refractivity (Wildman–Crippen MR) is 63.3 cm³/mol. The lowest BCUT2D eigenvalue weighted by atomic mass is 10.0. The molecular weight excluding hydrogens is 200 g/mol. The molecular formula is C14H16O2. The SMILES string of the molecule is CCc1ccc([C@@H](O)c2ccc(C)o2)cc1. The van der Waals surface area contributed by atoms with E-state index >= 15 is 0 Å². The molecule has 1 atom stereocenters. The van der Waals surface area contributed by atoms with Crippen LogP contribution in [-0.4, -0.2) is 5.11 Å². The lowest BCUT2D eigenvalue weighted by Crippen LogP contribution is -1.97. The number of benzene rings is 1. The molecule has 0 aliphatic rings. The first-order valence-electron chi connectivity index (χ1n) is 5.54. The Morgan fingerprint density at radius 3 is 2.31 bits per heavy atom. The van der Waals surface area contributed by atoms with Gasteiger partial charge in [-0.2, -0.15) is 0 Å². The summed E-state index contributed by atoms with van der Waals surface area (Å²) >= 11 is 0. The molecule has 16 heavy (non-hydrogen) atoms. The molecule has 2 nitrogen and oxygen atoms in total. The minimum absolute atomic E-state index is 0.599. The Morgan fingerprint density at radius 1 is 1.12 bits per heavy atom. The van der Waals surface area contributed by atoms with Crippen molar-refractivity contribution in [3.63, 3.8) is 0 Å². The summed E-state index contributed by atoms with van der Waals surface area (Å²) in [5.41, 5.74) is 2.14. The second-order valence-electron chi connectivity index (χ2n) is 3.95. The predicted octanol–water partition coefficient (Wildman–Crippen LogP) is 3.23. The fraction of sp³-hybridized carbons (Fsp3) is 0.286. The summed E-state index contributed by atoms with van der Waals surface area (Å²) in [5, 5.41) is 10.1. The molecule has 2 aromatic rings. The highest BCUT2D eigenvalue weighted by Crippen LogP contribution is 2.23. The van der Waals surface area contributed by atoms with Gasteiger partial charge in [0, 0.05) is 0 Å². The molecule has 0 saturated carbocycles. The summed E-state index contributed by atoms with van der Waals surface area (Å²) in [4.78, 5) is 0. The number of aliphatic hydroxyl groups excluding tert-OH is 1. The molecule has 0 bridgehead atoms. The minimum Gasteiger partial charge on any atom is -0.463 e. The van der Waals surface area contributed by atoms with Gasteiger partial charge < -0.3 is 9.52 Å². The maximum absolute atomic E-state index is 10.1. The van der Waals surface area contributed by atoms with E-state index in [-0.39, 0.29) is 0 Å². The zero-order valence-electron chi connectivity index (χ0n) is 9.60. The maximum atomic E-state index is 10.1. The topological polar surface area (TPSA) is 33.4 Å². The molecule has 0 saturated heterocycles. The smallest absolute Gasteiger partial charge is 0.137 e. The van der Waals surface area contributed by atoms with Crippen LogP contribution in [0.25, 0.3) is 0 Å². The molecule has 2 rings (SSSR count). The van der Waals surface area contributed by atoms with Gasteiger partial charge in [0.15, 0.2) is 0 Å². The van der Waals surface area contributed by atoms with Crippen molar-refractivity contribution in [2.24, 2.45) is 0 Å². The lowest BCUT2D eigenvalue weighted by Gasteiger charge is -2.08. The highest BCUT2D eigenvalue weighted by molar-refractivity contribution is 5.28. The van der Waals surface area contributed by atoms with E-state index in [0.717, 1.165) is 17.7 Å². The van der Waals surface area contributed by atoms with Crippen LogP contribution in [0, 0.1) is 6.92 Å². The quantitative estimate of drug-likeness (QED) is 0.854. The maximum Gasteiger partial charge on any atom is 0.137 e. The van der Waals surface area contributed by atoms with E-state index in [9.17, 15) is 5.11 Å². The third kappa shape index (κ3) is 2.17. The number of hydrogen-bond donors (Lipinski definition) is 1. The zero-order chi connectivity index (χ0) is 11.5. The van der Waals surface area contributed by atoms with E-state index in [1.807, 2.05) is 43.3 Å². The summed E-state index contributed by atoms with van der Waals surface area (Å²) < 4.78 is 5.41. The van der Waals surface area contributed by atoms with Gasteiger partial charge in [0.05, 0.1) is 0 Å². The summed E-state index contributed by atoms with van der Waals surface area (Å²) in [6, 6.07) is 11.6. The zero-order valence-corrected chi connectivity index (χ0v) is 9.60. The molecule has 84 valence electrons. The van der Waals surface area contributed by atoms with E-state index in [2.05, 4.69) is 6.92 Å². The molecule has 0 radical (unpaired) electrons. The summed E-state index contributed by atoms with van der Waals surface area (Å²) in [6.07, 6.45) is 0.343. The van der Waals surface area contributed by atoms with Crippen LogP contribution in [0.1, 0.15) is 35.7 Å². The Labute approximate surface area is 95.5 Å². The van der Waals surface area contributed by atoms with E-state index in [1.54, 1.807) is 0 Å². The largest absolute Gasteiger partial charge is 0.463 e. The first-order chi connectivity index (χ1) is 7.70. The molecule has 0 aliphatic heterocycles. The number of aliphatic hydroxyl groups is 1. The number of hydrogen-bond acceptors (Lipinski definition) is 2. The summed E-state index contributed by atoms with van der Waals surface area (Å²) in [7, 11) is 0. The monoisotopic (exact) mass is 216 g/mol. The number of rotatable bonds is 3. The minimum atomic E-state index is -0.667. The molecule has 1 heterocycles. The van der Waals surface area contributed by atoms with Crippen molar-refractivity contribution in [3.8, 4) is 0 Å². The number of furan rings is 1.